The third kappa shape index (κ3) is 5.38. The molecule has 1 aromatic heterocycles. The molecule has 0 aliphatic carbocycles. The number of aromatic nitrogens is 2. The Labute approximate surface area is 229 Å². The number of allylic oxidation sites excluding steroid dienone is 1. The van der Waals surface area contributed by atoms with Crippen LogP contribution in [0.3, 0.4) is 0 Å². The molecule has 2 amide bonds. The zero-order valence-corrected chi connectivity index (χ0v) is 23.0. The highest BCUT2D eigenvalue weighted by atomic mass is 16.2. The number of nitrogens with zero attached hydrogens (tertiary/aromatic N) is 3. The van der Waals surface area contributed by atoms with Gasteiger partial charge in [-0.15, -0.1) is 0 Å². The minimum atomic E-state index is -0.162. The molecule has 3 heterocycles. The summed E-state index contributed by atoms with van der Waals surface area (Å²) in [5.74, 6) is -0.254. The maximum absolute atomic E-state index is 13.0. The van der Waals surface area contributed by atoms with Crippen LogP contribution in [0.5, 0.6) is 0 Å². The number of carbonyl (C=O) groups excluding carboxylic acids is 2. The fourth-order valence-corrected chi connectivity index (χ4v) is 5.41. The van der Waals surface area contributed by atoms with Crippen LogP contribution in [0.15, 0.2) is 78.3 Å². The predicted octanol–water partition coefficient (Wildman–Crippen LogP) is 4.21. The molecule has 0 fully saturated rings. The Hall–Kier alpha value is -4.17. The summed E-state index contributed by atoms with van der Waals surface area (Å²) in [4.78, 5) is 28.3. The number of likely N-dealkylation sites (N-methyl/N-ethyl adjacent to an activating group) is 1. The number of hydrogen-bond donors (Lipinski definition) is 3. The molecule has 2 aliphatic heterocycles. The first-order valence-corrected chi connectivity index (χ1v) is 13.7. The van der Waals surface area contributed by atoms with E-state index < -0.39 is 0 Å². The smallest absolute Gasteiger partial charge is 0.256 e. The molecule has 5 rings (SSSR count). The third-order valence-electron chi connectivity index (χ3n) is 7.72. The summed E-state index contributed by atoms with van der Waals surface area (Å²) in [6, 6.07) is 15.8. The standard InChI is InChI=1S/C31H36N6O2/c1-5-36(6-2)15-14-32-31(39)29-20(3)28(34-21(29)4)17-26-25-16-22(12-13-27(25)35-30(26)38)23-18-33-37(19-23)24-10-8-7-9-11-24/h7-13,16-20,28,34H,5-6,14-15H2,1-4H3,(H,32,39)(H,35,38)/b26-17-. The largest absolute Gasteiger partial charge is 0.381 e. The van der Waals surface area contributed by atoms with E-state index in [9.17, 15) is 9.59 Å². The summed E-state index contributed by atoms with van der Waals surface area (Å²) in [6.45, 7) is 11.6. The first-order valence-electron chi connectivity index (χ1n) is 13.7. The van der Waals surface area contributed by atoms with Gasteiger partial charge in [0.1, 0.15) is 0 Å². The van der Waals surface area contributed by atoms with E-state index in [4.69, 9.17) is 0 Å². The normalized spacial score (nSPS) is 19.4. The van der Waals surface area contributed by atoms with Crippen molar-refractivity contribution in [1.29, 1.82) is 0 Å². The molecule has 8 nitrogen and oxygen atoms in total. The summed E-state index contributed by atoms with van der Waals surface area (Å²) in [5.41, 5.74) is 6.79. The molecule has 39 heavy (non-hydrogen) atoms. The van der Waals surface area contributed by atoms with Gasteiger partial charge in [-0.2, -0.15) is 5.10 Å². The maximum Gasteiger partial charge on any atom is 0.256 e. The van der Waals surface area contributed by atoms with E-state index >= 15 is 0 Å². The number of rotatable bonds is 9. The molecule has 0 saturated heterocycles. The van der Waals surface area contributed by atoms with Crippen molar-refractivity contribution in [2.24, 2.45) is 5.92 Å². The summed E-state index contributed by atoms with van der Waals surface area (Å²) in [5, 5.41) is 14.0. The van der Waals surface area contributed by atoms with Crippen molar-refractivity contribution in [1.82, 2.24) is 25.3 Å². The molecule has 3 N–H and O–H groups in total. The number of hydrogen-bond acceptors (Lipinski definition) is 5. The quantitative estimate of drug-likeness (QED) is 0.365. The average Bonchev–Trinajstić information content (AvgIpc) is 3.63. The van der Waals surface area contributed by atoms with Gasteiger partial charge in [-0.05, 0) is 55.9 Å². The number of para-hydroxylation sites is 1. The Morgan fingerprint density at radius 3 is 2.64 bits per heavy atom. The van der Waals surface area contributed by atoms with Gasteiger partial charge in [0.25, 0.3) is 5.91 Å². The molecule has 8 heteroatoms. The summed E-state index contributed by atoms with van der Waals surface area (Å²) in [6.07, 6.45) is 5.79. The molecule has 2 atom stereocenters. The van der Waals surface area contributed by atoms with Gasteiger partial charge in [-0.1, -0.05) is 45.0 Å². The van der Waals surface area contributed by atoms with Crippen molar-refractivity contribution in [2.45, 2.75) is 33.7 Å². The van der Waals surface area contributed by atoms with Crippen molar-refractivity contribution in [2.75, 3.05) is 31.5 Å². The first kappa shape index (κ1) is 26.4. The summed E-state index contributed by atoms with van der Waals surface area (Å²) < 4.78 is 1.84. The molecule has 0 saturated carbocycles. The van der Waals surface area contributed by atoms with Gasteiger partial charge in [0.05, 0.1) is 17.9 Å². The lowest BCUT2D eigenvalue weighted by molar-refractivity contribution is -0.118. The Balaban J connectivity index is 1.34. The van der Waals surface area contributed by atoms with Crippen molar-refractivity contribution in [3.8, 4) is 16.8 Å². The number of nitrogens with one attached hydrogen (secondary N) is 3. The second-order valence-corrected chi connectivity index (χ2v) is 10.1. The molecule has 202 valence electrons. The lowest BCUT2D eigenvalue weighted by atomic mass is 9.92. The molecule has 2 unspecified atom stereocenters. The van der Waals surface area contributed by atoms with Gasteiger partial charge in [-0.25, -0.2) is 4.68 Å². The van der Waals surface area contributed by atoms with Crippen LogP contribution in [0.1, 0.15) is 33.3 Å². The van der Waals surface area contributed by atoms with Gasteiger partial charge in [0.15, 0.2) is 0 Å². The second-order valence-electron chi connectivity index (χ2n) is 10.1. The second kappa shape index (κ2) is 11.3. The minimum Gasteiger partial charge on any atom is -0.381 e. The average molecular weight is 525 g/mol. The van der Waals surface area contributed by atoms with Crippen LogP contribution in [0.25, 0.3) is 22.4 Å². The van der Waals surface area contributed by atoms with Crippen LogP contribution < -0.4 is 16.0 Å². The third-order valence-corrected chi connectivity index (χ3v) is 7.72. The highest BCUT2D eigenvalue weighted by molar-refractivity contribution is 6.31. The number of amides is 2. The zero-order chi connectivity index (χ0) is 27.5. The highest BCUT2D eigenvalue weighted by Crippen LogP contribution is 2.37. The van der Waals surface area contributed by atoms with Crippen molar-refractivity contribution in [3.05, 3.63) is 83.8 Å². The van der Waals surface area contributed by atoms with Gasteiger partial charge < -0.3 is 20.9 Å². The van der Waals surface area contributed by atoms with Crippen LogP contribution in [0.4, 0.5) is 5.69 Å². The van der Waals surface area contributed by atoms with Crippen molar-refractivity contribution in [3.63, 3.8) is 0 Å². The van der Waals surface area contributed by atoms with Crippen LogP contribution in [0, 0.1) is 5.92 Å². The first-order chi connectivity index (χ1) is 18.9. The van der Waals surface area contributed by atoms with E-state index in [2.05, 4.69) is 39.8 Å². The minimum absolute atomic E-state index is 0.0467. The number of anilines is 1. The molecule has 0 radical (unpaired) electrons. The fourth-order valence-electron chi connectivity index (χ4n) is 5.41. The maximum atomic E-state index is 13.0. The van der Waals surface area contributed by atoms with Gasteiger partial charge in [-0.3, -0.25) is 9.59 Å². The topological polar surface area (TPSA) is 91.3 Å². The Morgan fingerprint density at radius 1 is 1.13 bits per heavy atom. The monoisotopic (exact) mass is 524 g/mol. The SMILES string of the molecule is CCN(CC)CCNC(=O)C1=C(C)NC(/C=C2\C(=O)Nc3ccc(-c4cnn(-c5ccccc5)c4)cc32)C1C. The van der Waals surface area contributed by atoms with E-state index in [-0.39, 0.29) is 23.8 Å². The van der Waals surface area contributed by atoms with Crippen LogP contribution >= 0.6 is 0 Å². The molecular formula is C31H36N6O2. The highest BCUT2D eigenvalue weighted by Gasteiger charge is 2.34. The molecule has 2 aromatic carbocycles. The summed E-state index contributed by atoms with van der Waals surface area (Å²) >= 11 is 0. The van der Waals surface area contributed by atoms with Gasteiger partial charge in [0, 0.05) is 58.9 Å². The van der Waals surface area contributed by atoms with Crippen LogP contribution in [-0.4, -0.2) is 58.7 Å². The predicted molar refractivity (Wildman–Crippen MR) is 155 cm³/mol. The van der Waals surface area contributed by atoms with E-state index in [1.165, 1.54) is 0 Å². The lowest BCUT2D eigenvalue weighted by Gasteiger charge is -2.19. The van der Waals surface area contributed by atoms with Crippen LogP contribution in [0.2, 0.25) is 0 Å². The Kier molecular flexibility index (Phi) is 7.65. The van der Waals surface area contributed by atoms with E-state index in [0.29, 0.717) is 12.1 Å². The van der Waals surface area contributed by atoms with Crippen molar-refractivity contribution < 1.29 is 9.59 Å². The van der Waals surface area contributed by atoms with Crippen molar-refractivity contribution >= 4 is 23.1 Å². The fraction of sp³-hybridized carbons (Fsp3) is 0.323. The Morgan fingerprint density at radius 2 is 1.90 bits per heavy atom. The van der Waals surface area contributed by atoms with E-state index in [0.717, 1.165) is 59.0 Å². The molecule has 3 aromatic rings. The zero-order valence-electron chi connectivity index (χ0n) is 23.0. The molecule has 0 bridgehead atoms. The van der Waals surface area contributed by atoms with Gasteiger partial charge in [0.2, 0.25) is 5.91 Å². The molecule has 2 aliphatic rings. The Bertz CT molecular complexity index is 1430. The summed E-state index contributed by atoms with van der Waals surface area (Å²) in [7, 11) is 0. The van der Waals surface area contributed by atoms with Crippen LogP contribution in [-0.2, 0) is 9.59 Å². The lowest BCUT2D eigenvalue weighted by Crippen LogP contribution is -2.36. The number of benzene rings is 2. The number of carbonyl (C=O) groups is 2. The number of fused-ring (bicyclic) bond motifs is 1. The molecule has 0 spiro atoms. The van der Waals surface area contributed by atoms with E-state index in [1.807, 2.05) is 85.5 Å². The van der Waals surface area contributed by atoms with Gasteiger partial charge >= 0.3 is 0 Å². The molecular weight excluding hydrogens is 488 g/mol. The van der Waals surface area contributed by atoms with E-state index in [1.54, 1.807) is 0 Å².